The van der Waals surface area contributed by atoms with Crippen molar-refractivity contribution < 1.29 is 4.79 Å². The van der Waals surface area contributed by atoms with Crippen molar-refractivity contribution in [3.63, 3.8) is 0 Å². The van der Waals surface area contributed by atoms with E-state index in [1.54, 1.807) is 29.1 Å². The van der Waals surface area contributed by atoms with Crippen molar-refractivity contribution in [2.75, 3.05) is 7.05 Å². The SMILES string of the molecule is CN(Cc1cccc2ncccc12)C(=O)c1ccc(CSc2ccccn2)cc1. The molecule has 2 heterocycles. The number of hydrogen-bond donors (Lipinski definition) is 0. The Hall–Kier alpha value is -3.18. The van der Waals surface area contributed by atoms with Crippen molar-refractivity contribution in [1.29, 1.82) is 0 Å². The number of rotatable bonds is 6. The van der Waals surface area contributed by atoms with Crippen LogP contribution in [-0.2, 0) is 12.3 Å². The molecular weight excluding hydrogens is 378 g/mol. The molecule has 4 rings (SSSR count). The molecule has 2 aromatic heterocycles. The molecule has 0 unspecified atom stereocenters. The minimum absolute atomic E-state index is 0.00909. The Morgan fingerprint density at radius 1 is 0.897 bits per heavy atom. The Morgan fingerprint density at radius 3 is 2.52 bits per heavy atom. The molecule has 0 radical (unpaired) electrons. The number of amides is 1. The number of pyridine rings is 2. The predicted molar refractivity (Wildman–Crippen MR) is 118 cm³/mol. The van der Waals surface area contributed by atoms with Gasteiger partial charge in [-0.2, -0.15) is 0 Å². The van der Waals surface area contributed by atoms with E-state index in [1.165, 1.54) is 5.56 Å². The summed E-state index contributed by atoms with van der Waals surface area (Å²) < 4.78 is 0. The standard InChI is InChI=1S/C24H21N3OS/c1-27(16-20-6-4-8-22-21(20)7-5-15-25-22)24(28)19-12-10-18(11-13-19)17-29-23-9-2-3-14-26-23/h2-15H,16-17H2,1H3. The molecule has 4 aromatic rings. The monoisotopic (exact) mass is 399 g/mol. The molecule has 0 saturated heterocycles. The summed E-state index contributed by atoms with van der Waals surface area (Å²) in [6.07, 6.45) is 3.58. The van der Waals surface area contributed by atoms with Crippen LogP contribution in [0.5, 0.6) is 0 Å². The first-order chi connectivity index (χ1) is 14.2. The predicted octanol–water partition coefficient (Wildman–Crippen LogP) is 5.19. The molecule has 0 saturated carbocycles. The fourth-order valence-corrected chi connectivity index (χ4v) is 4.00. The van der Waals surface area contributed by atoms with Crippen molar-refractivity contribution in [2.45, 2.75) is 17.3 Å². The smallest absolute Gasteiger partial charge is 0.253 e. The van der Waals surface area contributed by atoms with Crippen LogP contribution in [0, 0.1) is 0 Å². The first kappa shape index (κ1) is 19.2. The average molecular weight is 400 g/mol. The van der Waals surface area contributed by atoms with Gasteiger partial charge in [-0.25, -0.2) is 4.98 Å². The first-order valence-electron chi connectivity index (χ1n) is 9.41. The Balaban J connectivity index is 1.42. The van der Waals surface area contributed by atoms with E-state index in [2.05, 4.69) is 9.97 Å². The lowest BCUT2D eigenvalue weighted by molar-refractivity contribution is 0.0785. The molecule has 0 bridgehead atoms. The van der Waals surface area contributed by atoms with Gasteiger partial charge in [-0.15, -0.1) is 11.8 Å². The second kappa shape index (κ2) is 8.88. The van der Waals surface area contributed by atoms with Crippen LogP contribution in [0.15, 0.2) is 90.2 Å². The maximum atomic E-state index is 12.9. The van der Waals surface area contributed by atoms with Gasteiger partial charge in [0.25, 0.3) is 5.91 Å². The molecule has 0 N–H and O–H groups in total. The fourth-order valence-electron chi connectivity index (χ4n) is 3.19. The Morgan fingerprint density at radius 2 is 1.72 bits per heavy atom. The second-order valence-electron chi connectivity index (χ2n) is 6.80. The number of benzene rings is 2. The summed E-state index contributed by atoms with van der Waals surface area (Å²) in [5.74, 6) is 0.833. The minimum Gasteiger partial charge on any atom is -0.337 e. The molecule has 0 aliphatic carbocycles. The minimum atomic E-state index is 0.00909. The number of aromatic nitrogens is 2. The molecule has 144 valence electrons. The average Bonchev–Trinajstić information content (AvgIpc) is 2.78. The number of carbonyl (C=O) groups excluding carboxylic acids is 1. The van der Waals surface area contributed by atoms with Gasteiger partial charge in [0.15, 0.2) is 0 Å². The van der Waals surface area contributed by atoms with Crippen molar-refractivity contribution >= 4 is 28.6 Å². The summed E-state index contributed by atoms with van der Waals surface area (Å²) in [4.78, 5) is 23.3. The van der Waals surface area contributed by atoms with E-state index in [0.29, 0.717) is 12.1 Å². The number of nitrogens with zero attached hydrogens (tertiary/aromatic N) is 3. The van der Waals surface area contributed by atoms with E-state index in [4.69, 9.17) is 0 Å². The highest BCUT2D eigenvalue weighted by atomic mass is 32.2. The highest BCUT2D eigenvalue weighted by Gasteiger charge is 2.13. The number of thioether (sulfide) groups is 1. The van der Waals surface area contributed by atoms with Gasteiger partial charge < -0.3 is 4.90 Å². The fraction of sp³-hybridized carbons (Fsp3) is 0.125. The Bertz CT molecular complexity index is 1110. The lowest BCUT2D eigenvalue weighted by Gasteiger charge is -2.18. The van der Waals surface area contributed by atoms with Crippen LogP contribution in [0.3, 0.4) is 0 Å². The van der Waals surface area contributed by atoms with Gasteiger partial charge in [-0.05, 0) is 47.5 Å². The number of hydrogen-bond acceptors (Lipinski definition) is 4. The summed E-state index contributed by atoms with van der Waals surface area (Å²) in [5.41, 5.74) is 3.90. The Labute approximate surface area is 174 Å². The molecule has 0 spiro atoms. The van der Waals surface area contributed by atoms with Crippen LogP contribution < -0.4 is 0 Å². The van der Waals surface area contributed by atoms with Gasteiger partial charge in [0.1, 0.15) is 0 Å². The lowest BCUT2D eigenvalue weighted by Crippen LogP contribution is -2.26. The van der Waals surface area contributed by atoms with Crippen molar-refractivity contribution in [2.24, 2.45) is 0 Å². The zero-order chi connectivity index (χ0) is 20.1. The van der Waals surface area contributed by atoms with E-state index >= 15 is 0 Å². The van der Waals surface area contributed by atoms with E-state index in [-0.39, 0.29) is 5.91 Å². The third kappa shape index (κ3) is 4.63. The number of carbonyl (C=O) groups is 1. The molecule has 0 fully saturated rings. The summed E-state index contributed by atoms with van der Waals surface area (Å²) >= 11 is 1.68. The summed E-state index contributed by atoms with van der Waals surface area (Å²) in [5, 5.41) is 2.08. The summed E-state index contributed by atoms with van der Waals surface area (Å²) in [7, 11) is 1.84. The van der Waals surface area contributed by atoms with Crippen LogP contribution in [-0.4, -0.2) is 27.8 Å². The maximum absolute atomic E-state index is 12.9. The largest absolute Gasteiger partial charge is 0.337 e. The number of fused-ring (bicyclic) bond motifs is 1. The summed E-state index contributed by atoms with van der Waals surface area (Å²) in [6, 6.07) is 23.7. The molecule has 2 aromatic carbocycles. The van der Waals surface area contributed by atoms with E-state index in [0.717, 1.165) is 27.2 Å². The molecule has 0 aliphatic rings. The molecule has 29 heavy (non-hydrogen) atoms. The normalized spacial score (nSPS) is 10.8. The van der Waals surface area contributed by atoms with Crippen molar-refractivity contribution in [3.8, 4) is 0 Å². The van der Waals surface area contributed by atoms with Crippen molar-refractivity contribution in [3.05, 3.63) is 102 Å². The summed E-state index contributed by atoms with van der Waals surface area (Å²) in [6.45, 7) is 0.541. The Kier molecular flexibility index (Phi) is 5.86. The quantitative estimate of drug-likeness (QED) is 0.418. The molecule has 1 amide bonds. The zero-order valence-corrected chi connectivity index (χ0v) is 17.0. The van der Waals surface area contributed by atoms with Gasteiger partial charge >= 0.3 is 0 Å². The van der Waals surface area contributed by atoms with Gasteiger partial charge in [0.05, 0.1) is 10.5 Å². The van der Waals surface area contributed by atoms with Gasteiger partial charge in [-0.1, -0.05) is 36.4 Å². The highest BCUT2D eigenvalue weighted by Crippen LogP contribution is 2.21. The maximum Gasteiger partial charge on any atom is 0.253 e. The molecule has 5 heteroatoms. The van der Waals surface area contributed by atoms with Crippen LogP contribution in [0.4, 0.5) is 0 Å². The van der Waals surface area contributed by atoms with Crippen LogP contribution >= 0.6 is 11.8 Å². The van der Waals surface area contributed by atoms with E-state index in [1.807, 2.05) is 79.8 Å². The third-order valence-electron chi connectivity index (χ3n) is 4.72. The van der Waals surface area contributed by atoms with E-state index < -0.39 is 0 Å². The first-order valence-corrected chi connectivity index (χ1v) is 10.4. The van der Waals surface area contributed by atoms with Crippen LogP contribution in [0.1, 0.15) is 21.5 Å². The van der Waals surface area contributed by atoms with Gasteiger partial charge in [0, 0.05) is 42.7 Å². The van der Waals surface area contributed by atoms with Gasteiger partial charge in [-0.3, -0.25) is 9.78 Å². The lowest BCUT2D eigenvalue weighted by atomic mass is 10.1. The molecule has 0 atom stereocenters. The van der Waals surface area contributed by atoms with E-state index in [9.17, 15) is 4.79 Å². The highest BCUT2D eigenvalue weighted by molar-refractivity contribution is 7.98. The van der Waals surface area contributed by atoms with Crippen molar-refractivity contribution in [1.82, 2.24) is 14.9 Å². The third-order valence-corrected chi connectivity index (χ3v) is 5.73. The molecular formula is C24H21N3OS. The van der Waals surface area contributed by atoms with Crippen LogP contribution in [0.25, 0.3) is 10.9 Å². The molecule has 4 nitrogen and oxygen atoms in total. The zero-order valence-electron chi connectivity index (χ0n) is 16.2. The topological polar surface area (TPSA) is 46.1 Å². The molecule has 0 aliphatic heterocycles. The second-order valence-corrected chi connectivity index (χ2v) is 7.80. The van der Waals surface area contributed by atoms with Gasteiger partial charge in [0.2, 0.25) is 0 Å². The van der Waals surface area contributed by atoms with Crippen LogP contribution in [0.2, 0.25) is 0 Å².